The van der Waals surface area contributed by atoms with Gasteiger partial charge in [0, 0.05) is 22.1 Å². The lowest BCUT2D eigenvalue weighted by molar-refractivity contribution is 0.660. The Morgan fingerprint density at radius 3 is 1.42 bits per heavy atom. The van der Waals surface area contributed by atoms with E-state index in [-0.39, 0.29) is 5.41 Å². The average Bonchev–Trinajstić information content (AvgIpc) is 3.51. The molecule has 0 radical (unpaired) electrons. The Hall–Kier alpha value is -7.23. The van der Waals surface area contributed by atoms with Crippen molar-refractivity contribution in [2.45, 2.75) is 19.3 Å². The van der Waals surface area contributed by atoms with E-state index in [9.17, 15) is 0 Å². The fraction of sp³-hybridized carbons (Fsp3) is 0.0556. The smallest absolute Gasteiger partial charge is 0.164 e. The van der Waals surface area contributed by atoms with Crippen LogP contribution in [-0.4, -0.2) is 15.0 Å². The third-order valence-electron chi connectivity index (χ3n) is 11.9. The maximum atomic E-state index is 5.20. The third kappa shape index (κ3) is 5.46. The molecule has 0 N–H and O–H groups in total. The molecule has 0 saturated heterocycles. The minimum absolute atomic E-state index is 0.0560. The van der Waals surface area contributed by atoms with Gasteiger partial charge in [-0.25, -0.2) is 15.0 Å². The quantitative estimate of drug-likeness (QED) is 0.166. The van der Waals surface area contributed by atoms with E-state index in [1.165, 1.54) is 60.1 Å². The van der Waals surface area contributed by atoms with Gasteiger partial charge in [0.25, 0.3) is 0 Å². The second-order valence-electron chi connectivity index (χ2n) is 15.6. The molecule has 3 heteroatoms. The minimum Gasteiger partial charge on any atom is -0.208 e. The van der Waals surface area contributed by atoms with Gasteiger partial charge in [0.05, 0.1) is 0 Å². The van der Waals surface area contributed by atoms with Crippen LogP contribution in [0.25, 0.3) is 99.9 Å². The van der Waals surface area contributed by atoms with Gasteiger partial charge < -0.3 is 0 Å². The van der Waals surface area contributed by atoms with Crippen molar-refractivity contribution >= 4 is 32.3 Å². The zero-order chi connectivity index (χ0) is 38.1. The van der Waals surface area contributed by atoms with Crippen molar-refractivity contribution in [3.63, 3.8) is 0 Å². The summed E-state index contributed by atoms with van der Waals surface area (Å²) < 4.78 is 0. The highest BCUT2D eigenvalue weighted by atomic mass is 15.0. The Labute approximate surface area is 332 Å². The van der Waals surface area contributed by atoms with Crippen molar-refractivity contribution in [2.24, 2.45) is 0 Å². The van der Waals surface area contributed by atoms with Crippen molar-refractivity contribution in [1.82, 2.24) is 15.0 Å². The normalized spacial score (nSPS) is 12.9. The molecular weight excluding hydrogens is 691 g/mol. The second-order valence-corrected chi connectivity index (χ2v) is 15.6. The predicted molar refractivity (Wildman–Crippen MR) is 237 cm³/mol. The summed E-state index contributed by atoms with van der Waals surface area (Å²) in [5, 5.41) is 7.35. The van der Waals surface area contributed by atoms with E-state index in [1.807, 2.05) is 6.07 Å². The van der Waals surface area contributed by atoms with Crippen molar-refractivity contribution in [1.29, 1.82) is 0 Å². The molecule has 1 aliphatic rings. The van der Waals surface area contributed by atoms with Gasteiger partial charge >= 0.3 is 0 Å². The SMILES string of the molecule is CC1(C)c2ccccc2-c2ccc(-c3ccc(-c4nc(-c5cccc(-c6ccccc6)c5)nc(-c5ccc6c7ccccc7c7ccccc7c6c5)n4)cc3)cc21. The number of rotatable bonds is 5. The molecule has 1 aliphatic carbocycles. The molecule has 1 aromatic heterocycles. The fourth-order valence-corrected chi connectivity index (χ4v) is 8.97. The molecule has 9 aromatic carbocycles. The molecule has 3 nitrogen and oxygen atoms in total. The van der Waals surface area contributed by atoms with E-state index in [0.717, 1.165) is 33.4 Å². The van der Waals surface area contributed by atoms with Crippen molar-refractivity contribution in [2.75, 3.05) is 0 Å². The Morgan fingerprint density at radius 2 is 0.719 bits per heavy atom. The first-order chi connectivity index (χ1) is 28.0. The fourth-order valence-electron chi connectivity index (χ4n) is 8.97. The lowest BCUT2D eigenvalue weighted by atomic mass is 9.81. The third-order valence-corrected chi connectivity index (χ3v) is 11.9. The van der Waals surface area contributed by atoms with Gasteiger partial charge in [-0.05, 0) is 95.0 Å². The maximum absolute atomic E-state index is 5.20. The lowest BCUT2D eigenvalue weighted by Gasteiger charge is -2.22. The number of fused-ring (bicyclic) bond motifs is 9. The molecule has 0 unspecified atom stereocenters. The standard InChI is InChI=1S/C54H37N3/c1-54(2)49-22-11-10-21-46(49)47-30-27-38(33-50(47)54)35-23-25-36(26-24-35)51-55-52(39-16-12-15-37(31-39)34-13-4-3-5-14-34)57-53(56-51)40-28-29-45-43-19-7-6-17-41(43)42-18-8-9-20-44(42)48(45)32-40/h3-33H,1-2H3. The number of nitrogens with zero attached hydrogens (tertiary/aromatic N) is 3. The van der Waals surface area contributed by atoms with Crippen LogP contribution >= 0.6 is 0 Å². The Balaban J connectivity index is 1.04. The molecule has 0 atom stereocenters. The molecule has 268 valence electrons. The lowest BCUT2D eigenvalue weighted by Crippen LogP contribution is -2.14. The zero-order valence-electron chi connectivity index (χ0n) is 31.7. The van der Waals surface area contributed by atoms with E-state index < -0.39 is 0 Å². The molecule has 10 aromatic rings. The summed E-state index contributed by atoms with van der Waals surface area (Å²) in [6.45, 7) is 4.66. The summed E-state index contributed by atoms with van der Waals surface area (Å²) in [7, 11) is 0. The topological polar surface area (TPSA) is 38.7 Å². The highest BCUT2D eigenvalue weighted by molar-refractivity contribution is 6.25. The summed E-state index contributed by atoms with van der Waals surface area (Å²) in [5.74, 6) is 1.92. The molecular formula is C54H37N3. The average molecular weight is 728 g/mol. The highest BCUT2D eigenvalue weighted by Crippen LogP contribution is 2.49. The van der Waals surface area contributed by atoms with Crippen molar-refractivity contribution in [3.05, 3.63) is 199 Å². The van der Waals surface area contributed by atoms with Gasteiger partial charge in [-0.2, -0.15) is 0 Å². The molecule has 11 rings (SSSR count). The molecule has 0 amide bonds. The monoisotopic (exact) mass is 727 g/mol. The van der Waals surface area contributed by atoms with Gasteiger partial charge in [-0.3, -0.25) is 0 Å². The first-order valence-electron chi connectivity index (χ1n) is 19.6. The van der Waals surface area contributed by atoms with Gasteiger partial charge in [-0.1, -0.05) is 184 Å². The Kier molecular flexibility index (Phi) is 7.52. The van der Waals surface area contributed by atoms with Crippen LogP contribution in [-0.2, 0) is 5.41 Å². The molecule has 1 heterocycles. The zero-order valence-corrected chi connectivity index (χ0v) is 31.7. The number of aromatic nitrogens is 3. The van der Waals surface area contributed by atoms with Gasteiger partial charge in [-0.15, -0.1) is 0 Å². The van der Waals surface area contributed by atoms with Gasteiger partial charge in [0.2, 0.25) is 0 Å². The van der Waals surface area contributed by atoms with Crippen LogP contribution in [0.3, 0.4) is 0 Å². The number of hydrogen-bond acceptors (Lipinski definition) is 3. The van der Waals surface area contributed by atoms with Crippen LogP contribution in [0.1, 0.15) is 25.0 Å². The van der Waals surface area contributed by atoms with Crippen molar-refractivity contribution in [3.8, 4) is 67.5 Å². The molecule has 0 spiro atoms. The second kappa shape index (κ2) is 12.9. The first-order valence-corrected chi connectivity index (χ1v) is 19.6. The van der Waals surface area contributed by atoms with Crippen LogP contribution < -0.4 is 0 Å². The summed E-state index contributed by atoms with van der Waals surface area (Å²) in [5.41, 5.74) is 12.8. The first kappa shape index (κ1) is 33.1. The maximum Gasteiger partial charge on any atom is 0.164 e. The van der Waals surface area contributed by atoms with E-state index >= 15 is 0 Å². The van der Waals surface area contributed by atoms with E-state index in [4.69, 9.17) is 15.0 Å². The van der Waals surface area contributed by atoms with Crippen molar-refractivity contribution < 1.29 is 0 Å². The summed E-state index contributed by atoms with van der Waals surface area (Å²) in [6.07, 6.45) is 0. The largest absolute Gasteiger partial charge is 0.208 e. The highest BCUT2D eigenvalue weighted by Gasteiger charge is 2.35. The predicted octanol–water partition coefficient (Wildman–Crippen LogP) is 14.0. The minimum atomic E-state index is -0.0560. The van der Waals surface area contributed by atoms with Gasteiger partial charge in [0.1, 0.15) is 0 Å². The summed E-state index contributed by atoms with van der Waals surface area (Å²) >= 11 is 0. The van der Waals surface area contributed by atoms with E-state index in [0.29, 0.717) is 17.5 Å². The van der Waals surface area contributed by atoms with Crippen LogP contribution in [0.2, 0.25) is 0 Å². The van der Waals surface area contributed by atoms with Crippen LogP contribution in [0.5, 0.6) is 0 Å². The number of benzene rings is 9. The molecule has 57 heavy (non-hydrogen) atoms. The van der Waals surface area contributed by atoms with Crippen LogP contribution in [0, 0.1) is 0 Å². The molecule has 0 fully saturated rings. The van der Waals surface area contributed by atoms with Crippen LogP contribution in [0.15, 0.2) is 188 Å². The molecule has 0 bridgehead atoms. The molecule has 0 aliphatic heterocycles. The summed E-state index contributed by atoms with van der Waals surface area (Å²) in [4.78, 5) is 15.5. The summed E-state index contributed by atoms with van der Waals surface area (Å²) in [6, 6.07) is 67.3. The van der Waals surface area contributed by atoms with Crippen LogP contribution in [0.4, 0.5) is 0 Å². The van der Waals surface area contributed by atoms with Gasteiger partial charge in [0.15, 0.2) is 17.5 Å². The Morgan fingerprint density at radius 1 is 0.281 bits per heavy atom. The Bertz CT molecular complexity index is 3160. The number of hydrogen-bond donors (Lipinski definition) is 0. The van der Waals surface area contributed by atoms with E-state index in [2.05, 4.69) is 196 Å². The van der Waals surface area contributed by atoms with E-state index in [1.54, 1.807) is 0 Å². The molecule has 0 saturated carbocycles.